The first-order valence-corrected chi connectivity index (χ1v) is 7.07. The minimum Gasteiger partial charge on any atom is -0.353 e. The van der Waals surface area contributed by atoms with Crippen molar-refractivity contribution in [3.8, 4) is 0 Å². The van der Waals surface area contributed by atoms with Gasteiger partial charge < -0.3 is 5.32 Å². The van der Waals surface area contributed by atoms with Crippen LogP contribution in [0.2, 0.25) is 0 Å². The lowest BCUT2D eigenvalue weighted by atomic mass is 9.98. The molecule has 1 N–H and O–H groups in total. The Balaban J connectivity index is 2.14. The number of hydrogen-bond acceptors (Lipinski definition) is 2. The standard InChI is InChI=1S/C11H19IN2O/c1-3-4-8-5-13-11(15)10-7(2)9(12)6-14(8)10/h7-10H,3-6H2,1-2H3,(H,13,15). The number of hydrogen-bond donors (Lipinski definition) is 1. The minimum absolute atomic E-state index is 0.136. The van der Waals surface area contributed by atoms with E-state index in [1.165, 1.54) is 12.8 Å². The van der Waals surface area contributed by atoms with Gasteiger partial charge in [-0.1, -0.05) is 42.9 Å². The summed E-state index contributed by atoms with van der Waals surface area (Å²) in [5, 5.41) is 3.06. The number of halogens is 1. The van der Waals surface area contributed by atoms with Gasteiger partial charge >= 0.3 is 0 Å². The van der Waals surface area contributed by atoms with E-state index in [2.05, 4.69) is 46.7 Å². The van der Waals surface area contributed by atoms with Gasteiger partial charge in [0.25, 0.3) is 0 Å². The fraction of sp³-hybridized carbons (Fsp3) is 0.909. The molecular weight excluding hydrogens is 303 g/mol. The third-order valence-electron chi connectivity index (χ3n) is 3.68. The first kappa shape index (κ1) is 11.6. The van der Waals surface area contributed by atoms with E-state index in [0.717, 1.165) is 13.1 Å². The summed E-state index contributed by atoms with van der Waals surface area (Å²) in [4.78, 5) is 14.3. The molecule has 0 spiro atoms. The zero-order valence-corrected chi connectivity index (χ0v) is 11.5. The molecule has 4 heteroatoms. The predicted molar refractivity (Wildman–Crippen MR) is 69.2 cm³/mol. The van der Waals surface area contributed by atoms with Crippen molar-refractivity contribution >= 4 is 28.5 Å². The van der Waals surface area contributed by atoms with Crippen LogP contribution in [-0.2, 0) is 4.79 Å². The van der Waals surface area contributed by atoms with Crippen LogP contribution < -0.4 is 5.32 Å². The fourth-order valence-electron chi connectivity index (χ4n) is 2.79. The molecule has 2 rings (SSSR count). The number of carbonyl (C=O) groups excluding carboxylic acids is 1. The highest BCUT2D eigenvalue weighted by Gasteiger charge is 2.46. The van der Waals surface area contributed by atoms with E-state index in [1.807, 2.05) is 0 Å². The van der Waals surface area contributed by atoms with Crippen LogP contribution in [0.15, 0.2) is 0 Å². The number of carbonyl (C=O) groups is 1. The topological polar surface area (TPSA) is 32.3 Å². The molecule has 2 heterocycles. The summed E-state index contributed by atoms with van der Waals surface area (Å²) in [6.07, 6.45) is 2.40. The maximum Gasteiger partial charge on any atom is 0.237 e. The number of alkyl halides is 1. The van der Waals surface area contributed by atoms with E-state index >= 15 is 0 Å². The molecule has 15 heavy (non-hydrogen) atoms. The molecule has 3 nitrogen and oxygen atoms in total. The monoisotopic (exact) mass is 322 g/mol. The van der Waals surface area contributed by atoms with E-state index in [1.54, 1.807) is 0 Å². The maximum absolute atomic E-state index is 11.8. The van der Waals surface area contributed by atoms with Crippen LogP contribution in [0, 0.1) is 5.92 Å². The summed E-state index contributed by atoms with van der Waals surface area (Å²) in [6.45, 7) is 6.35. The van der Waals surface area contributed by atoms with E-state index in [4.69, 9.17) is 0 Å². The Kier molecular flexibility index (Phi) is 3.55. The number of piperazine rings is 1. The molecule has 0 aromatic heterocycles. The zero-order chi connectivity index (χ0) is 11.0. The van der Waals surface area contributed by atoms with Crippen molar-refractivity contribution in [3.63, 3.8) is 0 Å². The first-order chi connectivity index (χ1) is 7.15. The van der Waals surface area contributed by atoms with Crippen molar-refractivity contribution < 1.29 is 4.79 Å². The second kappa shape index (κ2) is 4.57. The molecule has 0 saturated carbocycles. The smallest absolute Gasteiger partial charge is 0.237 e. The van der Waals surface area contributed by atoms with Crippen molar-refractivity contribution in [2.24, 2.45) is 5.92 Å². The predicted octanol–water partition coefficient (Wildman–Crippen LogP) is 1.41. The lowest BCUT2D eigenvalue weighted by Crippen LogP contribution is -2.59. The molecule has 0 aliphatic carbocycles. The third kappa shape index (κ3) is 2.02. The van der Waals surface area contributed by atoms with E-state index in [9.17, 15) is 4.79 Å². The molecule has 2 aliphatic rings. The van der Waals surface area contributed by atoms with Gasteiger partial charge in [0.05, 0.1) is 6.04 Å². The summed E-state index contributed by atoms with van der Waals surface area (Å²) in [7, 11) is 0. The Morgan fingerprint density at radius 3 is 3.00 bits per heavy atom. The molecule has 0 bridgehead atoms. The summed E-state index contributed by atoms with van der Waals surface area (Å²) >= 11 is 2.49. The normalized spacial score (nSPS) is 41.4. The number of nitrogens with one attached hydrogen (secondary N) is 1. The van der Waals surface area contributed by atoms with Gasteiger partial charge in [0.1, 0.15) is 0 Å². The van der Waals surface area contributed by atoms with Crippen LogP contribution in [0.4, 0.5) is 0 Å². The van der Waals surface area contributed by atoms with E-state index in [0.29, 0.717) is 15.9 Å². The Labute approximate surface area is 105 Å². The van der Waals surface area contributed by atoms with Crippen LogP contribution in [0.1, 0.15) is 26.7 Å². The molecule has 2 saturated heterocycles. The Bertz CT molecular complexity index is 259. The van der Waals surface area contributed by atoms with Crippen molar-refractivity contribution in [1.82, 2.24) is 10.2 Å². The van der Waals surface area contributed by atoms with Gasteiger partial charge in [-0.25, -0.2) is 0 Å². The largest absolute Gasteiger partial charge is 0.353 e. The van der Waals surface area contributed by atoms with E-state index in [-0.39, 0.29) is 11.9 Å². The third-order valence-corrected chi connectivity index (χ3v) is 5.21. The maximum atomic E-state index is 11.8. The van der Waals surface area contributed by atoms with E-state index < -0.39 is 0 Å². The lowest BCUT2D eigenvalue weighted by Gasteiger charge is -2.38. The molecular formula is C11H19IN2O. The van der Waals surface area contributed by atoms with Crippen molar-refractivity contribution in [1.29, 1.82) is 0 Å². The Hall–Kier alpha value is 0.160. The second-order valence-electron chi connectivity index (χ2n) is 4.70. The quantitative estimate of drug-likeness (QED) is 0.616. The molecule has 0 aromatic carbocycles. The van der Waals surface area contributed by atoms with Crippen LogP contribution in [0.3, 0.4) is 0 Å². The van der Waals surface area contributed by atoms with Gasteiger partial charge in [-0.15, -0.1) is 0 Å². The average Bonchev–Trinajstić information content (AvgIpc) is 2.50. The van der Waals surface area contributed by atoms with Crippen molar-refractivity contribution in [2.45, 2.75) is 42.7 Å². The molecule has 4 atom stereocenters. The van der Waals surface area contributed by atoms with Crippen molar-refractivity contribution in [3.05, 3.63) is 0 Å². The average molecular weight is 322 g/mol. The van der Waals surface area contributed by atoms with Gasteiger partial charge in [-0.2, -0.15) is 0 Å². The SMILES string of the molecule is CCCC1CNC(=O)C2C(C)C(I)CN12. The minimum atomic E-state index is 0.136. The summed E-state index contributed by atoms with van der Waals surface area (Å²) < 4.78 is 0.621. The van der Waals surface area contributed by atoms with Gasteiger partial charge in [0.2, 0.25) is 5.91 Å². The lowest BCUT2D eigenvalue weighted by molar-refractivity contribution is -0.130. The number of fused-ring (bicyclic) bond motifs is 1. The van der Waals surface area contributed by atoms with Gasteiger partial charge in [0, 0.05) is 23.1 Å². The molecule has 86 valence electrons. The first-order valence-electron chi connectivity index (χ1n) is 5.82. The fourth-order valence-corrected chi connectivity index (χ4v) is 3.64. The molecule has 4 unspecified atom stereocenters. The molecule has 2 fully saturated rings. The summed E-state index contributed by atoms with van der Waals surface area (Å²) in [5.74, 6) is 0.735. The zero-order valence-electron chi connectivity index (χ0n) is 9.37. The molecule has 0 radical (unpaired) electrons. The highest BCUT2D eigenvalue weighted by molar-refractivity contribution is 14.1. The number of rotatable bonds is 2. The highest BCUT2D eigenvalue weighted by Crippen LogP contribution is 2.34. The van der Waals surface area contributed by atoms with Gasteiger partial charge in [-0.3, -0.25) is 9.69 Å². The van der Waals surface area contributed by atoms with Crippen LogP contribution in [-0.4, -0.2) is 39.9 Å². The van der Waals surface area contributed by atoms with Crippen molar-refractivity contribution in [2.75, 3.05) is 13.1 Å². The molecule has 0 aromatic rings. The molecule has 2 aliphatic heterocycles. The van der Waals surface area contributed by atoms with Crippen LogP contribution >= 0.6 is 22.6 Å². The second-order valence-corrected chi connectivity index (χ2v) is 6.30. The van der Waals surface area contributed by atoms with Gasteiger partial charge in [0.15, 0.2) is 0 Å². The Morgan fingerprint density at radius 1 is 1.60 bits per heavy atom. The summed E-state index contributed by atoms with van der Waals surface area (Å²) in [6, 6.07) is 0.706. The number of amides is 1. The number of nitrogens with zero attached hydrogens (tertiary/aromatic N) is 1. The van der Waals surface area contributed by atoms with Gasteiger partial charge in [-0.05, 0) is 12.3 Å². The van der Waals surface area contributed by atoms with Crippen LogP contribution in [0.5, 0.6) is 0 Å². The highest BCUT2D eigenvalue weighted by atomic mass is 127. The molecule has 1 amide bonds. The Morgan fingerprint density at radius 2 is 2.33 bits per heavy atom. The van der Waals surface area contributed by atoms with Crippen LogP contribution in [0.25, 0.3) is 0 Å². The summed E-state index contributed by atoms with van der Waals surface area (Å²) in [5.41, 5.74) is 0.